The molecule has 3 rings (SSSR count). The average molecular weight is 288 g/mol. The molecule has 1 N–H and O–H groups in total. The molecular weight excluding hydrogens is 264 g/mol. The van der Waals surface area contributed by atoms with Gasteiger partial charge in [0.25, 0.3) is 0 Å². The van der Waals surface area contributed by atoms with Crippen molar-refractivity contribution in [3.8, 4) is 0 Å². The van der Waals surface area contributed by atoms with E-state index in [2.05, 4.69) is 32.2 Å². The molecule has 1 aromatic rings. The molecule has 0 fully saturated rings. The van der Waals surface area contributed by atoms with Crippen LogP contribution in [0.5, 0.6) is 0 Å². The van der Waals surface area contributed by atoms with Gasteiger partial charge in [0, 0.05) is 32.4 Å². The van der Waals surface area contributed by atoms with Crippen LogP contribution < -0.4 is 5.32 Å². The van der Waals surface area contributed by atoms with Crippen molar-refractivity contribution in [1.29, 1.82) is 0 Å². The van der Waals surface area contributed by atoms with Crippen LogP contribution in [0.4, 0.5) is 0 Å². The van der Waals surface area contributed by atoms with Crippen molar-refractivity contribution in [3.05, 3.63) is 23.8 Å². The number of hydrogen-bond donors (Lipinski definition) is 1. The maximum absolute atomic E-state index is 11.9. The Morgan fingerprint density at radius 2 is 2.29 bits per heavy atom. The zero-order valence-electron chi connectivity index (χ0n) is 12.6. The van der Waals surface area contributed by atoms with Gasteiger partial charge in [0.2, 0.25) is 5.91 Å². The number of allylic oxidation sites excluding steroid dienone is 2. The van der Waals surface area contributed by atoms with E-state index in [-0.39, 0.29) is 5.91 Å². The lowest BCUT2D eigenvalue weighted by atomic mass is 10.1. The second-order valence-corrected chi connectivity index (χ2v) is 6.06. The molecule has 114 valence electrons. The molecular formula is C16H24N4O. The van der Waals surface area contributed by atoms with Gasteiger partial charge in [-0.05, 0) is 31.6 Å². The number of aryl methyl sites for hydroxylation is 1. The number of fused-ring (bicyclic) bond motifs is 1. The number of amides is 1. The third-order valence-corrected chi connectivity index (χ3v) is 4.42. The molecule has 0 spiro atoms. The van der Waals surface area contributed by atoms with Crippen LogP contribution in [-0.2, 0) is 24.2 Å². The van der Waals surface area contributed by atoms with Crippen LogP contribution in [-0.4, -0.2) is 27.2 Å². The van der Waals surface area contributed by atoms with Crippen molar-refractivity contribution in [2.24, 2.45) is 5.92 Å². The van der Waals surface area contributed by atoms with Crippen molar-refractivity contribution in [3.63, 3.8) is 0 Å². The standard InChI is InChI=1S/C16H24N4O/c21-16(12-13-6-3-4-7-13)17-10-9-15-19-18-14-8-2-1-5-11-20(14)15/h3,6,13H,1-2,4-5,7-12H2,(H,17,21). The molecule has 5 nitrogen and oxygen atoms in total. The summed E-state index contributed by atoms with van der Waals surface area (Å²) in [6, 6.07) is 0. The van der Waals surface area contributed by atoms with Crippen LogP contribution in [0.3, 0.4) is 0 Å². The average Bonchev–Trinajstić information content (AvgIpc) is 3.04. The van der Waals surface area contributed by atoms with Crippen LogP contribution in [0.2, 0.25) is 0 Å². The van der Waals surface area contributed by atoms with Crippen molar-refractivity contribution < 1.29 is 4.79 Å². The first kappa shape index (κ1) is 14.3. The third-order valence-electron chi connectivity index (χ3n) is 4.42. The summed E-state index contributed by atoms with van der Waals surface area (Å²) in [4.78, 5) is 11.9. The Kier molecular flexibility index (Phi) is 4.68. The minimum atomic E-state index is 0.155. The van der Waals surface area contributed by atoms with Crippen molar-refractivity contribution >= 4 is 5.91 Å². The summed E-state index contributed by atoms with van der Waals surface area (Å²) >= 11 is 0. The Morgan fingerprint density at radius 3 is 3.14 bits per heavy atom. The van der Waals surface area contributed by atoms with Crippen LogP contribution >= 0.6 is 0 Å². The lowest BCUT2D eigenvalue weighted by Gasteiger charge is -2.09. The highest BCUT2D eigenvalue weighted by Crippen LogP contribution is 2.20. The molecule has 1 amide bonds. The van der Waals surface area contributed by atoms with Gasteiger partial charge in [-0.1, -0.05) is 18.6 Å². The summed E-state index contributed by atoms with van der Waals surface area (Å²) in [5.74, 6) is 2.73. The minimum absolute atomic E-state index is 0.155. The lowest BCUT2D eigenvalue weighted by molar-refractivity contribution is -0.121. The van der Waals surface area contributed by atoms with Gasteiger partial charge in [-0.25, -0.2) is 0 Å². The Hall–Kier alpha value is -1.65. The third kappa shape index (κ3) is 3.71. The Balaban J connectivity index is 1.46. The summed E-state index contributed by atoms with van der Waals surface area (Å²) in [6.07, 6.45) is 12.7. The zero-order chi connectivity index (χ0) is 14.5. The van der Waals surface area contributed by atoms with E-state index in [9.17, 15) is 4.79 Å². The van der Waals surface area contributed by atoms with E-state index in [0.29, 0.717) is 18.9 Å². The number of carbonyl (C=O) groups excluding carboxylic acids is 1. The van der Waals surface area contributed by atoms with Gasteiger partial charge in [0.15, 0.2) is 0 Å². The zero-order valence-corrected chi connectivity index (χ0v) is 12.6. The maximum atomic E-state index is 11.9. The fourth-order valence-electron chi connectivity index (χ4n) is 3.22. The second-order valence-electron chi connectivity index (χ2n) is 6.06. The van der Waals surface area contributed by atoms with Crippen LogP contribution in [0.15, 0.2) is 12.2 Å². The molecule has 1 unspecified atom stereocenters. The van der Waals surface area contributed by atoms with Crippen LogP contribution in [0.25, 0.3) is 0 Å². The smallest absolute Gasteiger partial charge is 0.220 e. The SMILES string of the molecule is O=C(CC1C=CCC1)NCCc1nnc2n1CCCCC2. The van der Waals surface area contributed by atoms with Gasteiger partial charge in [-0.15, -0.1) is 10.2 Å². The van der Waals surface area contributed by atoms with Crippen molar-refractivity contribution in [2.75, 3.05) is 6.54 Å². The first-order chi connectivity index (χ1) is 10.3. The molecule has 0 aromatic carbocycles. The predicted octanol–water partition coefficient (Wildman–Crippen LogP) is 2.02. The predicted molar refractivity (Wildman–Crippen MR) is 80.8 cm³/mol. The molecule has 0 bridgehead atoms. The van der Waals surface area contributed by atoms with Crippen molar-refractivity contribution in [2.45, 2.75) is 57.9 Å². The molecule has 5 heteroatoms. The summed E-state index contributed by atoms with van der Waals surface area (Å²) in [5, 5.41) is 11.6. The minimum Gasteiger partial charge on any atom is -0.356 e. The van der Waals surface area contributed by atoms with Crippen LogP contribution in [0.1, 0.15) is 50.2 Å². The van der Waals surface area contributed by atoms with E-state index in [0.717, 1.165) is 43.9 Å². The highest BCUT2D eigenvalue weighted by Gasteiger charge is 2.16. The van der Waals surface area contributed by atoms with Gasteiger partial charge in [0.1, 0.15) is 11.6 Å². The summed E-state index contributed by atoms with van der Waals surface area (Å²) in [5.41, 5.74) is 0. The van der Waals surface area contributed by atoms with E-state index in [1.807, 2.05) is 0 Å². The van der Waals surface area contributed by atoms with E-state index < -0.39 is 0 Å². The van der Waals surface area contributed by atoms with Gasteiger partial charge in [-0.3, -0.25) is 4.79 Å². The van der Waals surface area contributed by atoms with E-state index in [4.69, 9.17) is 0 Å². The first-order valence-corrected chi connectivity index (χ1v) is 8.17. The largest absolute Gasteiger partial charge is 0.356 e. The highest BCUT2D eigenvalue weighted by molar-refractivity contribution is 5.76. The number of carbonyl (C=O) groups is 1. The number of aromatic nitrogens is 3. The Labute approximate surface area is 125 Å². The Morgan fingerprint density at radius 1 is 1.33 bits per heavy atom. The first-order valence-electron chi connectivity index (χ1n) is 8.17. The highest BCUT2D eigenvalue weighted by atomic mass is 16.1. The number of nitrogens with zero attached hydrogens (tertiary/aromatic N) is 3. The molecule has 0 radical (unpaired) electrons. The van der Waals surface area contributed by atoms with E-state index in [1.165, 1.54) is 19.3 Å². The number of hydrogen-bond acceptors (Lipinski definition) is 3. The van der Waals surface area contributed by atoms with E-state index in [1.54, 1.807) is 0 Å². The monoisotopic (exact) mass is 288 g/mol. The lowest BCUT2D eigenvalue weighted by Crippen LogP contribution is -2.27. The molecule has 1 aromatic heterocycles. The fourth-order valence-corrected chi connectivity index (χ4v) is 3.22. The summed E-state index contributed by atoms with van der Waals surface area (Å²) < 4.78 is 2.25. The van der Waals surface area contributed by atoms with Gasteiger partial charge >= 0.3 is 0 Å². The number of rotatable bonds is 5. The molecule has 1 atom stereocenters. The molecule has 1 aliphatic heterocycles. The number of nitrogens with one attached hydrogen (secondary N) is 1. The molecule has 0 saturated heterocycles. The summed E-state index contributed by atoms with van der Waals surface area (Å²) in [7, 11) is 0. The van der Waals surface area contributed by atoms with Gasteiger partial charge in [0.05, 0.1) is 0 Å². The van der Waals surface area contributed by atoms with Gasteiger partial charge in [-0.2, -0.15) is 0 Å². The molecule has 21 heavy (non-hydrogen) atoms. The topological polar surface area (TPSA) is 59.8 Å². The van der Waals surface area contributed by atoms with Crippen LogP contribution in [0, 0.1) is 5.92 Å². The molecule has 2 aliphatic rings. The molecule has 2 heterocycles. The molecule has 1 aliphatic carbocycles. The normalized spacial score (nSPS) is 21.0. The van der Waals surface area contributed by atoms with Crippen molar-refractivity contribution in [1.82, 2.24) is 20.1 Å². The second kappa shape index (κ2) is 6.87. The quantitative estimate of drug-likeness (QED) is 0.843. The summed E-state index contributed by atoms with van der Waals surface area (Å²) in [6.45, 7) is 1.69. The fraction of sp³-hybridized carbons (Fsp3) is 0.688. The van der Waals surface area contributed by atoms with Gasteiger partial charge < -0.3 is 9.88 Å². The van der Waals surface area contributed by atoms with E-state index >= 15 is 0 Å². The molecule has 0 saturated carbocycles. The maximum Gasteiger partial charge on any atom is 0.220 e. The Bertz CT molecular complexity index is 520.